The lowest BCUT2D eigenvalue weighted by atomic mass is 10.3. The first-order valence-corrected chi connectivity index (χ1v) is 5.06. The molecular weight excluding hydrogens is 263 g/mol. The second-order valence-corrected chi connectivity index (χ2v) is 3.58. The monoisotopic (exact) mass is 271 g/mol. The van der Waals surface area contributed by atoms with E-state index in [1.54, 1.807) is 0 Å². The predicted octanol–water partition coefficient (Wildman–Crippen LogP) is 1.71. The molecule has 0 saturated carbocycles. The molecule has 0 fully saturated rings. The van der Waals surface area contributed by atoms with Crippen molar-refractivity contribution >= 4 is 5.69 Å². The maximum absolute atomic E-state index is 12.0. The van der Waals surface area contributed by atoms with Crippen molar-refractivity contribution in [3.63, 3.8) is 0 Å². The van der Waals surface area contributed by atoms with Gasteiger partial charge < -0.3 is 10.5 Å². The van der Waals surface area contributed by atoms with Crippen molar-refractivity contribution in [3.05, 3.63) is 46.9 Å². The van der Waals surface area contributed by atoms with Crippen LogP contribution in [0.1, 0.15) is 0 Å². The van der Waals surface area contributed by atoms with Crippen LogP contribution in [0.15, 0.2) is 41.3 Å². The molecule has 0 spiro atoms. The Morgan fingerprint density at radius 2 is 1.84 bits per heavy atom. The van der Waals surface area contributed by atoms with Crippen molar-refractivity contribution in [2.75, 3.05) is 5.73 Å². The average Bonchev–Trinajstić information content (AvgIpc) is 2.28. The number of nitrogens with two attached hydrogens (primary N) is 1. The largest absolute Gasteiger partial charge is 0.573 e. The molecule has 2 N–H and O–H groups in total. The Morgan fingerprint density at radius 1 is 1.21 bits per heavy atom. The van der Waals surface area contributed by atoms with Crippen LogP contribution in [-0.2, 0) is 0 Å². The molecule has 1 heterocycles. The zero-order valence-electron chi connectivity index (χ0n) is 9.39. The van der Waals surface area contributed by atoms with Crippen molar-refractivity contribution in [1.29, 1.82) is 0 Å². The van der Waals surface area contributed by atoms with E-state index in [0.29, 0.717) is 5.69 Å². The van der Waals surface area contributed by atoms with E-state index in [9.17, 15) is 18.0 Å². The normalized spacial score (nSPS) is 11.3. The predicted molar refractivity (Wildman–Crippen MR) is 60.9 cm³/mol. The van der Waals surface area contributed by atoms with Crippen LogP contribution in [0, 0.1) is 0 Å². The van der Waals surface area contributed by atoms with Crippen LogP contribution < -0.4 is 16.0 Å². The average molecular weight is 271 g/mol. The summed E-state index contributed by atoms with van der Waals surface area (Å²) in [6, 6.07) is 5.91. The number of ether oxygens (including phenoxy) is 1. The van der Waals surface area contributed by atoms with E-state index in [-0.39, 0.29) is 11.4 Å². The van der Waals surface area contributed by atoms with Gasteiger partial charge in [0.1, 0.15) is 5.75 Å². The zero-order chi connectivity index (χ0) is 14.0. The van der Waals surface area contributed by atoms with Crippen molar-refractivity contribution < 1.29 is 17.9 Å². The molecule has 0 bridgehead atoms. The number of benzene rings is 1. The van der Waals surface area contributed by atoms with Gasteiger partial charge in [-0.15, -0.1) is 13.2 Å². The van der Waals surface area contributed by atoms with Gasteiger partial charge in [0.25, 0.3) is 5.56 Å². The summed E-state index contributed by atoms with van der Waals surface area (Å²) in [6.07, 6.45) is -3.49. The maximum Gasteiger partial charge on any atom is 0.573 e. The molecule has 0 aliphatic carbocycles. The maximum atomic E-state index is 12.0. The van der Waals surface area contributed by atoms with Crippen molar-refractivity contribution in [1.82, 2.24) is 9.78 Å². The molecule has 0 atom stereocenters. The minimum absolute atomic E-state index is 0.207. The molecule has 0 radical (unpaired) electrons. The highest BCUT2D eigenvalue weighted by Crippen LogP contribution is 2.23. The summed E-state index contributed by atoms with van der Waals surface area (Å²) in [6.45, 7) is 0. The lowest BCUT2D eigenvalue weighted by Crippen LogP contribution is -2.20. The molecule has 5 nitrogen and oxygen atoms in total. The van der Waals surface area contributed by atoms with E-state index < -0.39 is 11.9 Å². The van der Waals surface area contributed by atoms with E-state index in [0.717, 1.165) is 22.9 Å². The van der Waals surface area contributed by atoms with E-state index in [2.05, 4.69) is 9.84 Å². The van der Waals surface area contributed by atoms with Gasteiger partial charge in [0.05, 0.1) is 17.6 Å². The minimum Gasteiger partial charge on any atom is -0.406 e. The molecule has 2 rings (SSSR count). The first kappa shape index (κ1) is 12.9. The number of anilines is 1. The molecule has 0 unspecified atom stereocenters. The lowest BCUT2D eigenvalue weighted by Gasteiger charge is -2.09. The summed E-state index contributed by atoms with van der Waals surface area (Å²) < 4.78 is 40.6. The van der Waals surface area contributed by atoms with Crippen molar-refractivity contribution in [2.45, 2.75) is 6.36 Å². The summed E-state index contributed by atoms with van der Waals surface area (Å²) in [7, 11) is 0. The Morgan fingerprint density at radius 3 is 2.37 bits per heavy atom. The van der Waals surface area contributed by atoms with Gasteiger partial charge in [0.2, 0.25) is 0 Å². The van der Waals surface area contributed by atoms with Gasteiger partial charge in [-0.3, -0.25) is 4.79 Å². The van der Waals surface area contributed by atoms with E-state index in [1.807, 2.05) is 0 Å². The molecule has 100 valence electrons. The summed E-state index contributed by atoms with van der Waals surface area (Å²) in [4.78, 5) is 11.6. The van der Waals surface area contributed by atoms with Crippen LogP contribution in [0.2, 0.25) is 0 Å². The Bertz CT molecular complexity index is 635. The molecule has 1 aromatic carbocycles. The lowest BCUT2D eigenvalue weighted by molar-refractivity contribution is -0.274. The van der Waals surface area contributed by atoms with Crippen LogP contribution in [-0.4, -0.2) is 16.1 Å². The molecular formula is C11H8F3N3O2. The fraction of sp³-hybridized carbons (Fsp3) is 0.0909. The van der Waals surface area contributed by atoms with Gasteiger partial charge in [0, 0.05) is 6.07 Å². The first-order valence-electron chi connectivity index (χ1n) is 5.06. The van der Waals surface area contributed by atoms with Crippen LogP contribution >= 0.6 is 0 Å². The molecule has 0 amide bonds. The number of hydrogen-bond acceptors (Lipinski definition) is 4. The van der Waals surface area contributed by atoms with E-state index in [4.69, 9.17) is 5.73 Å². The number of nitrogens with zero attached hydrogens (tertiary/aromatic N) is 2. The molecule has 2 aromatic rings. The number of nitrogen functional groups attached to an aromatic ring is 1. The summed E-state index contributed by atoms with van der Waals surface area (Å²) in [5.41, 5.74) is 5.41. The first-order chi connectivity index (χ1) is 8.85. The molecule has 0 aliphatic rings. The third kappa shape index (κ3) is 3.24. The number of alkyl halides is 3. The number of hydrogen-bond donors (Lipinski definition) is 1. The highest BCUT2D eigenvalue weighted by Gasteiger charge is 2.30. The molecule has 0 saturated heterocycles. The second kappa shape index (κ2) is 4.63. The van der Waals surface area contributed by atoms with Gasteiger partial charge in [-0.1, -0.05) is 0 Å². The van der Waals surface area contributed by atoms with E-state index in [1.165, 1.54) is 18.3 Å². The van der Waals surface area contributed by atoms with Gasteiger partial charge in [-0.2, -0.15) is 9.78 Å². The third-order valence-corrected chi connectivity index (χ3v) is 2.14. The quantitative estimate of drug-likeness (QED) is 0.902. The standard InChI is InChI=1S/C11H8F3N3O2/c12-11(13,14)19-9-3-1-8(2-4-9)17-10(18)5-7(15)6-16-17/h1-6H,15H2. The van der Waals surface area contributed by atoms with Gasteiger partial charge in [-0.05, 0) is 24.3 Å². The summed E-state index contributed by atoms with van der Waals surface area (Å²) in [5.74, 6) is -0.375. The van der Waals surface area contributed by atoms with Crippen LogP contribution in [0.5, 0.6) is 5.75 Å². The Kier molecular flexibility index (Phi) is 3.16. The second-order valence-electron chi connectivity index (χ2n) is 3.58. The van der Waals surface area contributed by atoms with Crippen molar-refractivity contribution in [3.8, 4) is 11.4 Å². The molecule has 1 aromatic heterocycles. The number of aromatic nitrogens is 2. The minimum atomic E-state index is -4.75. The van der Waals surface area contributed by atoms with Gasteiger partial charge >= 0.3 is 6.36 Å². The fourth-order valence-corrected chi connectivity index (χ4v) is 1.41. The summed E-state index contributed by atoms with van der Waals surface area (Å²) >= 11 is 0. The molecule has 8 heteroatoms. The van der Waals surface area contributed by atoms with Gasteiger partial charge in [0.15, 0.2) is 0 Å². The van der Waals surface area contributed by atoms with Crippen molar-refractivity contribution in [2.24, 2.45) is 0 Å². The Hall–Kier alpha value is -2.51. The molecule has 19 heavy (non-hydrogen) atoms. The van der Waals surface area contributed by atoms with Gasteiger partial charge in [-0.25, -0.2) is 0 Å². The third-order valence-electron chi connectivity index (χ3n) is 2.14. The fourth-order valence-electron chi connectivity index (χ4n) is 1.41. The Labute approximate surface area is 105 Å². The topological polar surface area (TPSA) is 70.1 Å². The highest BCUT2D eigenvalue weighted by atomic mass is 19.4. The number of halogens is 3. The molecule has 0 aliphatic heterocycles. The van der Waals surface area contributed by atoms with Crippen LogP contribution in [0.4, 0.5) is 18.9 Å². The SMILES string of the molecule is Nc1cnn(-c2ccc(OC(F)(F)F)cc2)c(=O)c1. The highest BCUT2D eigenvalue weighted by molar-refractivity contribution is 5.39. The van der Waals surface area contributed by atoms with E-state index >= 15 is 0 Å². The number of rotatable bonds is 2. The smallest absolute Gasteiger partial charge is 0.406 e. The van der Waals surface area contributed by atoms with Crippen LogP contribution in [0.25, 0.3) is 5.69 Å². The van der Waals surface area contributed by atoms with Crippen LogP contribution in [0.3, 0.4) is 0 Å². The Balaban J connectivity index is 2.30. The zero-order valence-corrected chi connectivity index (χ0v) is 9.39. The summed E-state index contributed by atoms with van der Waals surface area (Å²) in [5, 5.41) is 3.77.